The lowest BCUT2D eigenvalue weighted by molar-refractivity contribution is 0.0600. The van der Waals surface area contributed by atoms with Crippen molar-refractivity contribution in [2.24, 2.45) is 0 Å². The summed E-state index contributed by atoms with van der Waals surface area (Å²) in [6.07, 6.45) is 0. The molecular formula is C19H15BrN2O5S2. The first-order chi connectivity index (χ1) is 13.8. The van der Waals surface area contributed by atoms with Crippen LogP contribution in [0.1, 0.15) is 20.7 Å². The van der Waals surface area contributed by atoms with Crippen LogP contribution in [0.3, 0.4) is 0 Å². The van der Waals surface area contributed by atoms with Crippen LogP contribution in [0, 0.1) is 0 Å². The van der Waals surface area contributed by atoms with Crippen LogP contribution in [0.25, 0.3) is 0 Å². The molecule has 29 heavy (non-hydrogen) atoms. The van der Waals surface area contributed by atoms with Crippen LogP contribution in [0.5, 0.6) is 0 Å². The number of methoxy groups -OCH3 is 1. The molecule has 1 aromatic heterocycles. The topological polar surface area (TPSA) is 102 Å². The second-order valence-electron chi connectivity index (χ2n) is 5.76. The number of hydrogen-bond donors (Lipinski definition) is 2. The van der Waals surface area contributed by atoms with Gasteiger partial charge in [0.25, 0.3) is 15.9 Å². The van der Waals surface area contributed by atoms with Gasteiger partial charge in [0.05, 0.1) is 16.5 Å². The molecule has 0 unspecified atom stereocenters. The van der Waals surface area contributed by atoms with Crippen molar-refractivity contribution in [1.82, 2.24) is 0 Å². The standard InChI is InChI=1S/C19H15BrN2O5S2/c1-27-19(24)13-4-6-14(7-5-13)21-18(23)12-2-8-15(9-3-12)22-29(25,26)17-11-10-16(20)28-17/h2-11,22H,1H3,(H,21,23). The maximum Gasteiger partial charge on any atom is 0.337 e. The molecule has 1 amide bonds. The summed E-state index contributed by atoms with van der Waals surface area (Å²) in [4.78, 5) is 23.8. The van der Waals surface area contributed by atoms with Gasteiger partial charge in [0.2, 0.25) is 0 Å². The van der Waals surface area contributed by atoms with Crippen molar-refractivity contribution >= 4 is 60.5 Å². The Morgan fingerprint density at radius 2 is 1.48 bits per heavy atom. The molecule has 0 aliphatic carbocycles. The third-order valence-corrected chi connectivity index (χ3v) is 7.27. The number of rotatable bonds is 6. The van der Waals surface area contributed by atoms with Gasteiger partial charge in [-0.1, -0.05) is 0 Å². The van der Waals surface area contributed by atoms with Crippen LogP contribution in [0.15, 0.2) is 68.7 Å². The van der Waals surface area contributed by atoms with Crippen molar-refractivity contribution < 1.29 is 22.7 Å². The van der Waals surface area contributed by atoms with E-state index in [0.717, 1.165) is 11.3 Å². The third kappa shape index (κ3) is 5.22. The molecule has 0 aliphatic rings. The Morgan fingerprint density at radius 1 is 0.897 bits per heavy atom. The normalized spacial score (nSPS) is 11.0. The predicted octanol–water partition coefficient (Wildman–Crippen LogP) is 4.35. The summed E-state index contributed by atoms with van der Waals surface area (Å²) < 4.78 is 32.7. The van der Waals surface area contributed by atoms with Crippen LogP contribution in [0.4, 0.5) is 11.4 Å². The summed E-state index contributed by atoms with van der Waals surface area (Å²) in [5.41, 5.74) is 1.58. The number of nitrogens with one attached hydrogen (secondary N) is 2. The fraction of sp³-hybridized carbons (Fsp3) is 0.0526. The SMILES string of the molecule is COC(=O)c1ccc(NC(=O)c2ccc(NS(=O)(=O)c3ccc(Br)s3)cc2)cc1. The van der Waals surface area contributed by atoms with E-state index < -0.39 is 16.0 Å². The highest BCUT2D eigenvalue weighted by Crippen LogP contribution is 2.27. The van der Waals surface area contributed by atoms with Crippen molar-refractivity contribution in [2.75, 3.05) is 17.1 Å². The molecule has 2 N–H and O–H groups in total. The smallest absolute Gasteiger partial charge is 0.337 e. The summed E-state index contributed by atoms with van der Waals surface area (Å²) >= 11 is 4.34. The quantitative estimate of drug-likeness (QED) is 0.496. The van der Waals surface area contributed by atoms with Crippen LogP contribution < -0.4 is 10.0 Å². The summed E-state index contributed by atoms with van der Waals surface area (Å²) in [5.74, 6) is -0.830. The molecule has 0 bridgehead atoms. The lowest BCUT2D eigenvalue weighted by Gasteiger charge is -2.08. The van der Waals surface area contributed by atoms with E-state index in [1.54, 1.807) is 30.3 Å². The first-order valence-electron chi connectivity index (χ1n) is 8.16. The van der Waals surface area contributed by atoms with Gasteiger partial charge in [0, 0.05) is 16.9 Å². The molecule has 2 aromatic carbocycles. The highest BCUT2D eigenvalue weighted by atomic mass is 79.9. The van der Waals surface area contributed by atoms with Gasteiger partial charge in [-0.25, -0.2) is 13.2 Å². The maximum atomic E-state index is 12.4. The lowest BCUT2D eigenvalue weighted by atomic mass is 10.1. The molecule has 0 saturated heterocycles. The van der Waals surface area contributed by atoms with Gasteiger partial charge in [0.15, 0.2) is 0 Å². The Morgan fingerprint density at radius 3 is 2.03 bits per heavy atom. The molecule has 3 rings (SSSR count). The number of anilines is 2. The van der Waals surface area contributed by atoms with Crippen LogP contribution in [-0.2, 0) is 14.8 Å². The first kappa shape index (κ1) is 21.0. The molecule has 0 atom stereocenters. The third-order valence-electron chi connectivity index (χ3n) is 3.78. The monoisotopic (exact) mass is 494 g/mol. The molecule has 0 saturated carbocycles. The van der Waals surface area contributed by atoms with Gasteiger partial charge >= 0.3 is 5.97 Å². The number of thiophene rings is 1. The Bertz CT molecular complexity index is 1140. The summed E-state index contributed by atoms with van der Waals surface area (Å²) in [6, 6.07) is 15.5. The fourth-order valence-electron chi connectivity index (χ4n) is 2.35. The minimum atomic E-state index is -3.69. The van der Waals surface area contributed by atoms with Gasteiger partial charge in [-0.05, 0) is 76.6 Å². The zero-order chi connectivity index (χ0) is 21.0. The maximum absolute atomic E-state index is 12.4. The molecule has 0 radical (unpaired) electrons. The van der Waals surface area contributed by atoms with E-state index in [-0.39, 0.29) is 10.1 Å². The highest BCUT2D eigenvalue weighted by Gasteiger charge is 2.17. The molecule has 0 spiro atoms. The Kier molecular flexibility index (Phi) is 6.36. The number of halogens is 1. The average Bonchev–Trinajstić information content (AvgIpc) is 3.15. The molecule has 0 fully saturated rings. The van der Waals surface area contributed by atoms with E-state index in [1.807, 2.05) is 0 Å². The summed E-state index contributed by atoms with van der Waals surface area (Å²) in [5, 5.41) is 2.71. The van der Waals surface area contributed by atoms with E-state index in [1.165, 1.54) is 37.4 Å². The number of hydrogen-bond acceptors (Lipinski definition) is 6. The minimum absolute atomic E-state index is 0.182. The molecule has 10 heteroatoms. The highest BCUT2D eigenvalue weighted by molar-refractivity contribution is 9.11. The number of carbonyl (C=O) groups excluding carboxylic acids is 2. The lowest BCUT2D eigenvalue weighted by Crippen LogP contribution is -2.13. The first-order valence-corrected chi connectivity index (χ1v) is 11.3. The number of sulfonamides is 1. The molecule has 0 aliphatic heterocycles. The van der Waals surface area contributed by atoms with Crippen molar-refractivity contribution in [3.63, 3.8) is 0 Å². The molecular weight excluding hydrogens is 480 g/mol. The van der Waals surface area contributed by atoms with E-state index in [0.29, 0.717) is 26.3 Å². The largest absolute Gasteiger partial charge is 0.465 e. The van der Waals surface area contributed by atoms with Crippen molar-refractivity contribution in [3.8, 4) is 0 Å². The van der Waals surface area contributed by atoms with Crippen molar-refractivity contribution in [3.05, 3.63) is 75.6 Å². The fourth-order valence-corrected chi connectivity index (χ4v) is 5.42. The second-order valence-corrected chi connectivity index (χ2v) is 10.1. The van der Waals surface area contributed by atoms with Crippen LogP contribution in [-0.4, -0.2) is 27.4 Å². The minimum Gasteiger partial charge on any atom is -0.465 e. The number of benzene rings is 2. The van der Waals surface area contributed by atoms with E-state index in [4.69, 9.17) is 0 Å². The van der Waals surface area contributed by atoms with E-state index in [9.17, 15) is 18.0 Å². The summed E-state index contributed by atoms with van der Waals surface area (Å²) in [7, 11) is -2.39. The molecule has 150 valence electrons. The molecule has 7 nitrogen and oxygen atoms in total. The van der Waals surface area contributed by atoms with Gasteiger partial charge < -0.3 is 10.1 Å². The van der Waals surface area contributed by atoms with E-state index >= 15 is 0 Å². The molecule has 3 aromatic rings. The Balaban J connectivity index is 1.66. The van der Waals surface area contributed by atoms with Crippen molar-refractivity contribution in [2.45, 2.75) is 4.21 Å². The summed E-state index contributed by atoms with van der Waals surface area (Å²) in [6.45, 7) is 0. The number of amides is 1. The van der Waals surface area contributed by atoms with E-state index in [2.05, 4.69) is 30.7 Å². The van der Waals surface area contributed by atoms with Gasteiger partial charge in [0.1, 0.15) is 4.21 Å². The predicted molar refractivity (Wildman–Crippen MR) is 115 cm³/mol. The number of ether oxygens (including phenoxy) is 1. The van der Waals surface area contributed by atoms with Crippen LogP contribution in [0.2, 0.25) is 0 Å². The Hall–Kier alpha value is -2.69. The average molecular weight is 495 g/mol. The number of carbonyl (C=O) groups is 2. The zero-order valence-electron chi connectivity index (χ0n) is 15.0. The van der Waals surface area contributed by atoms with Crippen molar-refractivity contribution in [1.29, 1.82) is 0 Å². The number of esters is 1. The second kappa shape index (κ2) is 8.76. The molecule has 1 heterocycles. The Labute approximate surface area is 179 Å². The zero-order valence-corrected chi connectivity index (χ0v) is 18.2. The van der Waals surface area contributed by atoms with Gasteiger partial charge in [-0.2, -0.15) is 0 Å². The van der Waals surface area contributed by atoms with Gasteiger partial charge in [-0.15, -0.1) is 11.3 Å². The van der Waals surface area contributed by atoms with Crippen LogP contribution >= 0.6 is 27.3 Å². The van der Waals surface area contributed by atoms with Gasteiger partial charge in [-0.3, -0.25) is 9.52 Å².